The van der Waals surface area contributed by atoms with Crippen LogP contribution in [0.2, 0.25) is 0 Å². The van der Waals surface area contributed by atoms with Crippen molar-refractivity contribution in [3.05, 3.63) is 0 Å². The van der Waals surface area contributed by atoms with Crippen LogP contribution in [-0.2, 0) is 14.8 Å². The molecule has 1 amide bonds. The summed E-state index contributed by atoms with van der Waals surface area (Å²) < 4.78 is 24.9. The first kappa shape index (κ1) is 13.4. The molecule has 16 heavy (non-hydrogen) atoms. The topological polar surface area (TPSA) is 78.5 Å². The number of amides is 1. The van der Waals surface area contributed by atoms with E-state index >= 15 is 0 Å². The third kappa shape index (κ3) is 2.93. The molecule has 1 aliphatic rings. The lowest BCUT2D eigenvalue weighted by molar-refractivity contribution is -0.125. The fourth-order valence-electron chi connectivity index (χ4n) is 1.70. The van der Waals surface area contributed by atoms with Gasteiger partial charge in [0.05, 0.1) is 5.75 Å². The van der Waals surface area contributed by atoms with Gasteiger partial charge in [-0.1, -0.05) is 0 Å². The molecule has 0 aromatic carbocycles. The molecule has 7 heteroatoms. The van der Waals surface area contributed by atoms with E-state index in [1.165, 1.54) is 4.31 Å². The molecule has 0 radical (unpaired) electrons. The maximum absolute atomic E-state index is 11.8. The molecule has 1 fully saturated rings. The minimum atomic E-state index is -3.30. The highest BCUT2D eigenvalue weighted by atomic mass is 32.2. The van der Waals surface area contributed by atoms with Crippen molar-refractivity contribution >= 4 is 15.9 Å². The van der Waals surface area contributed by atoms with Crippen LogP contribution < -0.4 is 10.6 Å². The molecule has 0 saturated carbocycles. The molecule has 0 aromatic rings. The highest BCUT2D eigenvalue weighted by Crippen LogP contribution is 2.10. The lowest BCUT2D eigenvalue weighted by Gasteiger charge is -2.33. The lowest BCUT2D eigenvalue weighted by Crippen LogP contribution is -2.59. The van der Waals surface area contributed by atoms with Gasteiger partial charge in [-0.3, -0.25) is 4.79 Å². The first-order valence-electron chi connectivity index (χ1n) is 5.50. The van der Waals surface area contributed by atoms with Gasteiger partial charge in [0.25, 0.3) is 0 Å². The number of nitrogens with one attached hydrogen (secondary N) is 2. The Labute approximate surface area is 96.4 Å². The summed E-state index contributed by atoms with van der Waals surface area (Å²) in [5.41, 5.74) is 0. The Kier molecular flexibility index (Phi) is 4.69. The van der Waals surface area contributed by atoms with Crippen LogP contribution in [0.5, 0.6) is 0 Å². The van der Waals surface area contributed by atoms with Gasteiger partial charge in [-0.05, 0) is 13.8 Å². The Bertz CT molecular complexity index is 342. The SMILES string of the molecule is CCNC(=O)C1CNCCN1S(=O)(=O)CC. The summed E-state index contributed by atoms with van der Waals surface area (Å²) in [5, 5.41) is 5.69. The van der Waals surface area contributed by atoms with Gasteiger partial charge in [0.2, 0.25) is 15.9 Å². The van der Waals surface area contributed by atoms with Crippen molar-refractivity contribution in [2.24, 2.45) is 0 Å². The number of piperazine rings is 1. The summed E-state index contributed by atoms with van der Waals surface area (Å²) in [6, 6.07) is -0.612. The number of carbonyl (C=O) groups excluding carboxylic acids is 1. The Morgan fingerprint density at radius 1 is 1.50 bits per heavy atom. The number of sulfonamides is 1. The Morgan fingerprint density at radius 3 is 2.75 bits per heavy atom. The average molecular weight is 249 g/mol. The van der Waals surface area contributed by atoms with Crippen LogP contribution in [0.3, 0.4) is 0 Å². The molecular weight excluding hydrogens is 230 g/mol. The van der Waals surface area contributed by atoms with Crippen LogP contribution in [0, 0.1) is 0 Å². The first-order chi connectivity index (χ1) is 7.53. The smallest absolute Gasteiger partial charge is 0.239 e. The molecule has 6 nitrogen and oxygen atoms in total. The Balaban J connectivity index is 2.83. The molecule has 0 aliphatic carbocycles. The molecule has 1 aliphatic heterocycles. The van der Waals surface area contributed by atoms with Crippen molar-refractivity contribution in [2.45, 2.75) is 19.9 Å². The first-order valence-corrected chi connectivity index (χ1v) is 7.11. The lowest BCUT2D eigenvalue weighted by atomic mass is 10.2. The second kappa shape index (κ2) is 5.60. The second-order valence-electron chi connectivity index (χ2n) is 3.63. The van der Waals surface area contributed by atoms with E-state index in [1.807, 2.05) is 6.92 Å². The van der Waals surface area contributed by atoms with Crippen molar-refractivity contribution in [2.75, 3.05) is 31.9 Å². The normalized spacial score (nSPS) is 23.0. The maximum Gasteiger partial charge on any atom is 0.239 e. The van der Waals surface area contributed by atoms with Gasteiger partial charge in [0.1, 0.15) is 6.04 Å². The minimum absolute atomic E-state index is 0.0307. The fourth-order valence-corrected chi connectivity index (χ4v) is 2.96. The largest absolute Gasteiger partial charge is 0.355 e. The van der Waals surface area contributed by atoms with Crippen molar-refractivity contribution in [1.29, 1.82) is 0 Å². The second-order valence-corrected chi connectivity index (χ2v) is 5.84. The van der Waals surface area contributed by atoms with Gasteiger partial charge >= 0.3 is 0 Å². The molecule has 1 saturated heterocycles. The number of hydrogen-bond donors (Lipinski definition) is 2. The van der Waals surface area contributed by atoms with Crippen LogP contribution >= 0.6 is 0 Å². The highest BCUT2D eigenvalue weighted by molar-refractivity contribution is 7.89. The van der Waals surface area contributed by atoms with Crippen molar-refractivity contribution < 1.29 is 13.2 Å². The maximum atomic E-state index is 11.8. The van der Waals surface area contributed by atoms with Crippen LogP contribution in [0.4, 0.5) is 0 Å². The summed E-state index contributed by atoms with van der Waals surface area (Å²) >= 11 is 0. The van der Waals surface area contributed by atoms with Crippen molar-refractivity contribution in [3.63, 3.8) is 0 Å². The number of rotatable bonds is 4. The zero-order chi connectivity index (χ0) is 12.2. The van der Waals surface area contributed by atoms with Crippen LogP contribution in [0.1, 0.15) is 13.8 Å². The summed E-state index contributed by atoms with van der Waals surface area (Å²) in [4.78, 5) is 11.7. The van der Waals surface area contributed by atoms with E-state index in [2.05, 4.69) is 10.6 Å². The standard InChI is InChI=1S/C9H19N3O3S/c1-3-11-9(13)8-7-10-5-6-12(8)16(14,15)4-2/h8,10H,3-7H2,1-2H3,(H,11,13). The van der Waals surface area contributed by atoms with Gasteiger partial charge in [0, 0.05) is 26.2 Å². The predicted molar refractivity (Wildman–Crippen MR) is 61.5 cm³/mol. The number of likely N-dealkylation sites (N-methyl/N-ethyl adjacent to an activating group) is 1. The number of carbonyl (C=O) groups is 1. The van der Waals surface area contributed by atoms with Crippen LogP contribution in [0.15, 0.2) is 0 Å². The zero-order valence-corrected chi connectivity index (χ0v) is 10.5. The number of nitrogens with zero attached hydrogens (tertiary/aromatic N) is 1. The van der Waals surface area contributed by atoms with E-state index in [-0.39, 0.29) is 11.7 Å². The Hall–Kier alpha value is -0.660. The van der Waals surface area contributed by atoms with Crippen molar-refractivity contribution in [3.8, 4) is 0 Å². The summed E-state index contributed by atoms with van der Waals surface area (Å²) in [5.74, 6) is -0.199. The molecule has 1 atom stereocenters. The van der Waals surface area contributed by atoms with Gasteiger partial charge in [-0.25, -0.2) is 8.42 Å². The van der Waals surface area contributed by atoms with Crippen molar-refractivity contribution in [1.82, 2.24) is 14.9 Å². The molecule has 0 aromatic heterocycles. The van der Waals surface area contributed by atoms with E-state index in [4.69, 9.17) is 0 Å². The molecule has 1 rings (SSSR count). The van der Waals surface area contributed by atoms with E-state index in [0.717, 1.165) is 0 Å². The molecule has 0 bridgehead atoms. The van der Waals surface area contributed by atoms with E-state index < -0.39 is 16.1 Å². The number of hydrogen-bond acceptors (Lipinski definition) is 4. The molecule has 94 valence electrons. The zero-order valence-electron chi connectivity index (χ0n) is 9.69. The molecule has 1 unspecified atom stereocenters. The monoisotopic (exact) mass is 249 g/mol. The van der Waals surface area contributed by atoms with Gasteiger partial charge in [-0.2, -0.15) is 4.31 Å². The molecule has 0 spiro atoms. The molecular formula is C9H19N3O3S. The third-order valence-corrected chi connectivity index (χ3v) is 4.45. The molecule has 1 heterocycles. The van der Waals surface area contributed by atoms with Gasteiger partial charge in [0.15, 0.2) is 0 Å². The van der Waals surface area contributed by atoms with E-state index in [0.29, 0.717) is 26.2 Å². The highest BCUT2D eigenvalue weighted by Gasteiger charge is 2.35. The van der Waals surface area contributed by atoms with Crippen LogP contribution in [-0.4, -0.2) is 56.6 Å². The van der Waals surface area contributed by atoms with Gasteiger partial charge in [-0.15, -0.1) is 0 Å². The Morgan fingerprint density at radius 2 is 2.19 bits per heavy atom. The van der Waals surface area contributed by atoms with Crippen LogP contribution in [0.25, 0.3) is 0 Å². The van der Waals surface area contributed by atoms with Gasteiger partial charge < -0.3 is 10.6 Å². The summed E-state index contributed by atoms with van der Waals surface area (Å²) in [7, 11) is -3.30. The third-order valence-electron chi connectivity index (χ3n) is 2.57. The van der Waals surface area contributed by atoms with E-state index in [1.54, 1.807) is 6.92 Å². The van der Waals surface area contributed by atoms with E-state index in [9.17, 15) is 13.2 Å². The molecule has 2 N–H and O–H groups in total. The summed E-state index contributed by atoms with van der Waals surface area (Å²) in [6.45, 7) is 5.24. The average Bonchev–Trinajstić information content (AvgIpc) is 2.29. The summed E-state index contributed by atoms with van der Waals surface area (Å²) in [6.07, 6.45) is 0. The fraction of sp³-hybridized carbons (Fsp3) is 0.889. The predicted octanol–water partition coefficient (Wildman–Crippen LogP) is -1.25. The quantitative estimate of drug-likeness (QED) is 0.652. The minimum Gasteiger partial charge on any atom is -0.355 e.